The summed E-state index contributed by atoms with van der Waals surface area (Å²) < 4.78 is 0. The molecule has 5 heteroatoms. The number of carboxylic acid groups (broad SMARTS) is 1. The van der Waals surface area contributed by atoms with Gasteiger partial charge in [-0.05, 0) is 25.0 Å². The van der Waals surface area contributed by atoms with Gasteiger partial charge >= 0.3 is 5.97 Å². The van der Waals surface area contributed by atoms with Crippen LogP contribution in [0.3, 0.4) is 0 Å². The summed E-state index contributed by atoms with van der Waals surface area (Å²) in [6.45, 7) is 6.06. The highest BCUT2D eigenvalue weighted by molar-refractivity contribution is 6.29. The number of halogens is 1. The van der Waals surface area contributed by atoms with Crippen LogP contribution in [-0.4, -0.2) is 22.1 Å². The largest absolute Gasteiger partial charge is 0.478 e. The predicted molar refractivity (Wildman–Crippen MR) is 64.1 cm³/mol. The molecule has 0 saturated carbocycles. The Morgan fingerprint density at radius 2 is 2.06 bits per heavy atom. The van der Waals surface area contributed by atoms with Crippen molar-refractivity contribution in [3.63, 3.8) is 0 Å². The van der Waals surface area contributed by atoms with E-state index in [0.29, 0.717) is 11.7 Å². The standard InChI is InChI=1S/C11H15ClN2O2/c1-6(2)7(3)13-10-8(11(15)16)4-5-9(12)14-10/h4-7H,1-3H3,(H,13,14)(H,15,16). The van der Waals surface area contributed by atoms with Gasteiger partial charge < -0.3 is 10.4 Å². The van der Waals surface area contributed by atoms with Crippen molar-refractivity contribution in [3.05, 3.63) is 22.8 Å². The molecule has 0 aliphatic carbocycles. The normalized spacial score (nSPS) is 12.6. The van der Waals surface area contributed by atoms with Crippen molar-refractivity contribution >= 4 is 23.4 Å². The Labute approximate surface area is 99.6 Å². The molecule has 0 fully saturated rings. The maximum absolute atomic E-state index is 11.0. The second-order valence-corrected chi connectivity index (χ2v) is 4.40. The van der Waals surface area contributed by atoms with Gasteiger partial charge in [-0.2, -0.15) is 0 Å². The first-order chi connectivity index (χ1) is 7.41. The molecule has 0 saturated heterocycles. The molecular formula is C11H15ClN2O2. The third kappa shape index (κ3) is 3.10. The number of nitrogens with one attached hydrogen (secondary N) is 1. The minimum atomic E-state index is -1.01. The average molecular weight is 243 g/mol. The highest BCUT2D eigenvalue weighted by Gasteiger charge is 2.15. The molecule has 0 aliphatic rings. The van der Waals surface area contributed by atoms with Gasteiger partial charge in [0.25, 0.3) is 0 Å². The van der Waals surface area contributed by atoms with E-state index in [-0.39, 0.29) is 16.8 Å². The Morgan fingerprint density at radius 1 is 1.44 bits per heavy atom. The maximum Gasteiger partial charge on any atom is 0.339 e. The highest BCUT2D eigenvalue weighted by atomic mass is 35.5. The first kappa shape index (κ1) is 12.8. The number of hydrogen-bond acceptors (Lipinski definition) is 3. The lowest BCUT2D eigenvalue weighted by Gasteiger charge is -2.19. The number of rotatable bonds is 4. The van der Waals surface area contributed by atoms with E-state index in [4.69, 9.17) is 16.7 Å². The van der Waals surface area contributed by atoms with Crippen molar-refractivity contribution in [2.75, 3.05) is 5.32 Å². The molecular weight excluding hydrogens is 228 g/mol. The lowest BCUT2D eigenvalue weighted by atomic mass is 10.1. The zero-order valence-corrected chi connectivity index (χ0v) is 10.2. The molecule has 1 atom stereocenters. The van der Waals surface area contributed by atoms with Crippen LogP contribution in [0.25, 0.3) is 0 Å². The van der Waals surface area contributed by atoms with Crippen LogP contribution >= 0.6 is 11.6 Å². The van der Waals surface area contributed by atoms with Crippen LogP contribution in [0.15, 0.2) is 12.1 Å². The first-order valence-corrected chi connectivity index (χ1v) is 5.46. The summed E-state index contributed by atoms with van der Waals surface area (Å²) in [6, 6.07) is 3.05. The van der Waals surface area contributed by atoms with Crippen molar-refractivity contribution in [1.29, 1.82) is 0 Å². The molecule has 0 radical (unpaired) electrons. The van der Waals surface area contributed by atoms with Crippen LogP contribution in [0.2, 0.25) is 5.15 Å². The zero-order chi connectivity index (χ0) is 12.3. The van der Waals surface area contributed by atoms with E-state index in [2.05, 4.69) is 10.3 Å². The zero-order valence-electron chi connectivity index (χ0n) is 9.49. The molecule has 0 aliphatic heterocycles. The average Bonchev–Trinajstić information content (AvgIpc) is 2.16. The number of aromatic nitrogens is 1. The van der Waals surface area contributed by atoms with E-state index in [0.717, 1.165) is 0 Å². The summed E-state index contributed by atoms with van der Waals surface area (Å²) in [6.07, 6.45) is 0. The minimum absolute atomic E-state index is 0.129. The van der Waals surface area contributed by atoms with Gasteiger partial charge in [-0.3, -0.25) is 0 Å². The molecule has 2 N–H and O–H groups in total. The summed E-state index contributed by atoms with van der Waals surface area (Å²) in [5.74, 6) is -0.314. The highest BCUT2D eigenvalue weighted by Crippen LogP contribution is 2.19. The third-order valence-electron chi connectivity index (χ3n) is 2.46. The molecule has 88 valence electrons. The molecule has 4 nitrogen and oxygen atoms in total. The minimum Gasteiger partial charge on any atom is -0.478 e. The van der Waals surface area contributed by atoms with Gasteiger partial charge in [0.15, 0.2) is 0 Å². The topological polar surface area (TPSA) is 62.2 Å². The van der Waals surface area contributed by atoms with Crippen molar-refractivity contribution in [1.82, 2.24) is 4.98 Å². The molecule has 0 aromatic carbocycles. The number of nitrogens with zero attached hydrogens (tertiary/aromatic N) is 1. The predicted octanol–water partition coefficient (Wildman–Crippen LogP) is 2.89. The molecule has 0 spiro atoms. The van der Waals surface area contributed by atoms with Gasteiger partial charge in [-0.15, -0.1) is 0 Å². The monoisotopic (exact) mass is 242 g/mol. The molecule has 1 heterocycles. The Morgan fingerprint density at radius 3 is 2.56 bits per heavy atom. The van der Waals surface area contributed by atoms with Gasteiger partial charge in [-0.1, -0.05) is 25.4 Å². The van der Waals surface area contributed by atoms with Crippen molar-refractivity contribution in [2.24, 2.45) is 5.92 Å². The summed E-state index contributed by atoms with van der Waals surface area (Å²) in [5.41, 5.74) is 0.136. The molecule has 0 amide bonds. The quantitative estimate of drug-likeness (QED) is 0.797. The van der Waals surface area contributed by atoms with Crippen molar-refractivity contribution in [2.45, 2.75) is 26.8 Å². The summed E-state index contributed by atoms with van der Waals surface area (Å²) in [7, 11) is 0. The Hall–Kier alpha value is -1.29. The number of anilines is 1. The van der Waals surface area contributed by atoms with E-state index in [1.165, 1.54) is 12.1 Å². The van der Waals surface area contributed by atoms with E-state index >= 15 is 0 Å². The molecule has 16 heavy (non-hydrogen) atoms. The van der Waals surface area contributed by atoms with Gasteiger partial charge in [0.05, 0.1) is 0 Å². The molecule has 1 unspecified atom stereocenters. The van der Waals surface area contributed by atoms with Crippen LogP contribution in [0.5, 0.6) is 0 Å². The fourth-order valence-corrected chi connectivity index (χ4v) is 1.25. The Balaban J connectivity index is 3.01. The van der Waals surface area contributed by atoms with Crippen LogP contribution in [0.1, 0.15) is 31.1 Å². The summed E-state index contributed by atoms with van der Waals surface area (Å²) in [4.78, 5) is 15.0. The second kappa shape index (κ2) is 5.16. The number of carbonyl (C=O) groups is 1. The van der Waals surface area contributed by atoms with E-state index < -0.39 is 5.97 Å². The van der Waals surface area contributed by atoms with Gasteiger partial charge in [0.2, 0.25) is 0 Å². The fourth-order valence-electron chi connectivity index (χ4n) is 1.10. The molecule has 1 rings (SSSR count). The molecule has 1 aromatic rings. The van der Waals surface area contributed by atoms with Crippen molar-refractivity contribution in [3.8, 4) is 0 Å². The van der Waals surface area contributed by atoms with Gasteiger partial charge in [0, 0.05) is 6.04 Å². The number of pyridine rings is 1. The number of carboxylic acids is 1. The smallest absolute Gasteiger partial charge is 0.339 e. The second-order valence-electron chi connectivity index (χ2n) is 4.01. The molecule has 0 bridgehead atoms. The fraction of sp³-hybridized carbons (Fsp3) is 0.455. The Bertz CT molecular complexity index is 394. The number of aromatic carboxylic acids is 1. The maximum atomic E-state index is 11.0. The SMILES string of the molecule is CC(C)C(C)Nc1nc(Cl)ccc1C(=O)O. The Kier molecular flexibility index (Phi) is 4.12. The van der Waals surface area contributed by atoms with Crippen LogP contribution < -0.4 is 5.32 Å². The summed E-state index contributed by atoms with van der Waals surface area (Å²) >= 11 is 5.74. The van der Waals surface area contributed by atoms with E-state index in [1.54, 1.807) is 0 Å². The lowest BCUT2D eigenvalue weighted by Crippen LogP contribution is -2.23. The van der Waals surface area contributed by atoms with Gasteiger partial charge in [0.1, 0.15) is 16.5 Å². The van der Waals surface area contributed by atoms with Crippen LogP contribution in [0.4, 0.5) is 5.82 Å². The summed E-state index contributed by atoms with van der Waals surface area (Å²) in [5, 5.41) is 12.3. The van der Waals surface area contributed by atoms with E-state index in [9.17, 15) is 4.79 Å². The number of hydrogen-bond donors (Lipinski definition) is 2. The van der Waals surface area contributed by atoms with Crippen LogP contribution in [-0.2, 0) is 0 Å². The first-order valence-electron chi connectivity index (χ1n) is 5.08. The van der Waals surface area contributed by atoms with Crippen LogP contribution in [0, 0.1) is 5.92 Å². The lowest BCUT2D eigenvalue weighted by molar-refractivity contribution is 0.0697. The molecule has 1 aromatic heterocycles. The van der Waals surface area contributed by atoms with E-state index in [1.807, 2.05) is 20.8 Å². The third-order valence-corrected chi connectivity index (χ3v) is 2.67. The van der Waals surface area contributed by atoms with Gasteiger partial charge in [-0.25, -0.2) is 9.78 Å². The van der Waals surface area contributed by atoms with Crippen molar-refractivity contribution < 1.29 is 9.90 Å².